The maximum Gasteiger partial charge on any atom is 0.331 e. The maximum atomic E-state index is 14.4. The minimum atomic E-state index is -1.76. The zero-order valence-electron chi connectivity index (χ0n) is 34.6. The maximum absolute atomic E-state index is 14.4. The minimum Gasteiger partial charge on any atom is -0.450 e. The van der Waals surface area contributed by atoms with Gasteiger partial charge in [0.2, 0.25) is 0 Å². The molecule has 0 unspecified atom stereocenters. The van der Waals surface area contributed by atoms with E-state index in [2.05, 4.69) is 18.3 Å². The first kappa shape index (κ1) is 40.7. The Morgan fingerprint density at radius 2 is 1.70 bits per heavy atom. The van der Waals surface area contributed by atoms with Gasteiger partial charge in [0.05, 0.1) is 29.3 Å². The van der Waals surface area contributed by atoms with Crippen LogP contribution in [0.1, 0.15) is 129 Å². The largest absolute Gasteiger partial charge is 0.450 e. The number of aliphatic hydroxyl groups excluding tert-OH is 2. The van der Waals surface area contributed by atoms with Gasteiger partial charge in [-0.1, -0.05) is 57.9 Å². The second-order valence-corrected chi connectivity index (χ2v) is 20.9. The highest BCUT2D eigenvalue weighted by atomic mass is 16.5. The van der Waals surface area contributed by atoms with Crippen molar-refractivity contribution in [2.75, 3.05) is 33.4 Å². The fraction of sp³-hybridized carbons (Fsp3) is 0.872. The summed E-state index contributed by atoms with van der Waals surface area (Å²) < 4.78 is 11.4. The average Bonchev–Trinajstić information content (AvgIpc) is 3.92. The molecular formula is C47H71NO9. The summed E-state index contributed by atoms with van der Waals surface area (Å²) >= 11 is 0. The molecule has 10 heteroatoms. The Morgan fingerprint density at radius 3 is 2.42 bits per heavy atom. The van der Waals surface area contributed by atoms with E-state index in [0.29, 0.717) is 63.6 Å². The van der Waals surface area contributed by atoms with Gasteiger partial charge in [-0.2, -0.15) is 0 Å². The number of nitrogens with one attached hydrogen (secondary N) is 1. The first-order chi connectivity index (χ1) is 27.4. The number of hydrogen-bond acceptors (Lipinski definition) is 10. The van der Waals surface area contributed by atoms with Gasteiger partial charge in [-0.3, -0.25) is 0 Å². The van der Waals surface area contributed by atoms with Gasteiger partial charge in [0.1, 0.15) is 18.0 Å². The molecule has 14 atom stereocenters. The van der Waals surface area contributed by atoms with E-state index in [1.165, 1.54) is 25.7 Å². The fourth-order valence-corrected chi connectivity index (χ4v) is 17.1. The Labute approximate surface area is 339 Å². The lowest BCUT2D eigenvalue weighted by Crippen LogP contribution is -2.82. The molecule has 7 saturated carbocycles. The number of rotatable bonds is 11. The van der Waals surface area contributed by atoms with E-state index in [4.69, 9.17) is 9.47 Å². The highest BCUT2D eigenvalue weighted by Crippen LogP contribution is 2.81. The zero-order valence-corrected chi connectivity index (χ0v) is 34.6. The van der Waals surface area contributed by atoms with Gasteiger partial charge in [0.15, 0.2) is 0 Å². The number of allylic oxidation sites excluding steroid dienone is 1. The number of fused-ring (bicyclic) bond motifs is 8. The predicted molar refractivity (Wildman–Crippen MR) is 213 cm³/mol. The van der Waals surface area contributed by atoms with Crippen LogP contribution in [0.25, 0.3) is 0 Å². The van der Waals surface area contributed by atoms with Crippen LogP contribution in [-0.2, 0) is 19.1 Å². The van der Waals surface area contributed by atoms with E-state index < -0.39 is 69.0 Å². The SMILES string of the molecule is COCCCNCC1=C[C@H]2C[C@@]3(O)[C@](C4CCCCC4)(CC[C@H]4[C@@]3(O)C[C@@H]3C[C@H]([C@@H](C)C5CCCC5)CC[C@H]5[C@@H](O)CC[C@@]4(C=O)[C@]35O)[C@@]2(CO)C2=CC(=O)O[C@@H]12. The molecule has 318 valence electrons. The summed E-state index contributed by atoms with van der Waals surface area (Å²) in [7, 11) is 1.68. The van der Waals surface area contributed by atoms with Gasteiger partial charge in [-0.05, 0) is 130 Å². The molecule has 1 heterocycles. The van der Waals surface area contributed by atoms with Crippen LogP contribution in [0.2, 0.25) is 0 Å². The smallest absolute Gasteiger partial charge is 0.331 e. The predicted octanol–water partition coefficient (Wildman–Crippen LogP) is 5.18. The van der Waals surface area contributed by atoms with E-state index >= 15 is 0 Å². The van der Waals surface area contributed by atoms with E-state index in [1.54, 1.807) is 13.2 Å². The molecule has 1 aliphatic heterocycles. The fourth-order valence-electron chi connectivity index (χ4n) is 17.1. The molecule has 0 aromatic heterocycles. The van der Waals surface area contributed by atoms with Gasteiger partial charge in [0.25, 0.3) is 0 Å². The minimum absolute atomic E-state index is 0.0315. The average molecular weight is 794 g/mol. The molecule has 9 rings (SSSR count). The van der Waals surface area contributed by atoms with Gasteiger partial charge < -0.3 is 45.1 Å². The lowest BCUT2D eigenvalue weighted by atomic mass is 9.33. The van der Waals surface area contributed by atoms with Crippen molar-refractivity contribution < 1.29 is 44.6 Å². The van der Waals surface area contributed by atoms with Crippen LogP contribution in [0.3, 0.4) is 0 Å². The van der Waals surface area contributed by atoms with Crippen molar-refractivity contribution in [2.24, 2.45) is 63.6 Å². The van der Waals surface area contributed by atoms with Crippen molar-refractivity contribution in [2.45, 2.75) is 158 Å². The molecule has 10 nitrogen and oxygen atoms in total. The van der Waals surface area contributed by atoms with Gasteiger partial charge in [-0.25, -0.2) is 4.79 Å². The summed E-state index contributed by atoms with van der Waals surface area (Å²) in [5.74, 6) is -1.25. The Morgan fingerprint density at radius 1 is 0.947 bits per heavy atom. The third-order valence-corrected chi connectivity index (χ3v) is 19.4. The van der Waals surface area contributed by atoms with Crippen LogP contribution >= 0.6 is 0 Å². The first-order valence-corrected chi connectivity index (χ1v) is 23.2. The van der Waals surface area contributed by atoms with Crippen molar-refractivity contribution >= 4 is 12.3 Å². The monoisotopic (exact) mass is 794 g/mol. The van der Waals surface area contributed by atoms with E-state index in [1.807, 2.05) is 0 Å². The van der Waals surface area contributed by atoms with Crippen LogP contribution < -0.4 is 5.32 Å². The Bertz CT molecular complexity index is 1620. The number of hydrogen-bond donors (Lipinski definition) is 6. The molecule has 57 heavy (non-hydrogen) atoms. The summed E-state index contributed by atoms with van der Waals surface area (Å²) in [6, 6.07) is 0. The molecule has 0 radical (unpaired) electrons. The molecule has 7 fully saturated rings. The van der Waals surface area contributed by atoms with E-state index in [-0.39, 0.29) is 43.6 Å². The van der Waals surface area contributed by atoms with Gasteiger partial charge >= 0.3 is 5.97 Å². The number of ether oxygens (including phenoxy) is 2. The number of methoxy groups -OCH3 is 1. The topological polar surface area (TPSA) is 166 Å². The van der Waals surface area contributed by atoms with E-state index in [0.717, 1.165) is 62.4 Å². The normalized spacial score (nSPS) is 48.7. The number of carbonyl (C=O) groups excluding carboxylic acids is 2. The zero-order chi connectivity index (χ0) is 40.0. The van der Waals surface area contributed by atoms with Crippen molar-refractivity contribution in [1.82, 2.24) is 5.32 Å². The van der Waals surface area contributed by atoms with Crippen molar-refractivity contribution in [1.29, 1.82) is 0 Å². The molecule has 0 aromatic carbocycles. The molecule has 0 saturated heterocycles. The van der Waals surface area contributed by atoms with Crippen molar-refractivity contribution in [3.05, 3.63) is 23.3 Å². The van der Waals surface area contributed by atoms with Crippen LogP contribution in [0, 0.1) is 63.6 Å². The Kier molecular flexibility index (Phi) is 10.5. The standard InChI is InChI=1S/C47H71NO9/c1-29(30-9-6-7-10-30)31-13-14-36-38(51)15-17-42(27-49)39-16-18-44(33-11-4-3-5-12-33)43(28-50)34(25-46(44,54)45(39,53)24-35(21-31)47(36,42)55)22-32(26-48-19-8-20-56-2)41-37(43)23-40(52)57-41/h22-23,27,29-31,33-36,38-39,41,48,50-51,53-55H,3-21,24-26,28H2,1-2H3/t29-,31+,34-,35-,36-,38-,39+,41-,42-,43+,44-,45-,46+,47-/m0/s1. The Hall–Kier alpha value is -1.66. The van der Waals surface area contributed by atoms with Gasteiger partial charge in [0, 0.05) is 49.0 Å². The number of esters is 1. The molecule has 0 spiro atoms. The Balaban J connectivity index is 1.20. The van der Waals surface area contributed by atoms with E-state index in [9.17, 15) is 35.1 Å². The highest BCUT2D eigenvalue weighted by molar-refractivity contribution is 5.87. The van der Waals surface area contributed by atoms with Crippen LogP contribution in [0.4, 0.5) is 0 Å². The molecule has 0 bridgehead atoms. The quantitative estimate of drug-likeness (QED) is 0.0712. The number of carbonyl (C=O) groups is 2. The highest BCUT2D eigenvalue weighted by Gasteiger charge is 2.86. The van der Waals surface area contributed by atoms with Gasteiger partial charge in [-0.15, -0.1) is 0 Å². The molecule has 6 N–H and O–H groups in total. The second kappa shape index (κ2) is 14.8. The molecule has 9 aliphatic rings. The summed E-state index contributed by atoms with van der Waals surface area (Å²) in [5.41, 5.74) is -6.77. The van der Waals surface area contributed by atoms with Crippen LogP contribution in [0.5, 0.6) is 0 Å². The van der Waals surface area contributed by atoms with Crippen LogP contribution in [0.15, 0.2) is 23.3 Å². The third kappa shape index (κ3) is 5.32. The second-order valence-electron chi connectivity index (χ2n) is 20.9. The van der Waals surface area contributed by atoms with Crippen molar-refractivity contribution in [3.63, 3.8) is 0 Å². The van der Waals surface area contributed by atoms with Crippen molar-refractivity contribution in [3.8, 4) is 0 Å². The molecule has 0 amide bonds. The summed E-state index contributed by atoms with van der Waals surface area (Å²) in [4.78, 5) is 27.6. The number of aliphatic hydroxyl groups is 5. The lowest BCUT2D eigenvalue weighted by molar-refractivity contribution is -0.355. The third-order valence-electron chi connectivity index (χ3n) is 19.4. The number of aldehydes is 1. The molecular weight excluding hydrogens is 723 g/mol. The summed E-state index contributed by atoms with van der Waals surface area (Å²) in [5, 5.41) is 69.5. The van der Waals surface area contributed by atoms with Crippen LogP contribution in [-0.4, -0.2) is 100 Å². The summed E-state index contributed by atoms with van der Waals surface area (Å²) in [6.45, 7) is 3.89. The molecule has 8 aliphatic carbocycles. The summed E-state index contributed by atoms with van der Waals surface area (Å²) in [6.07, 6.45) is 17.8. The molecule has 0 aromatic rings. The first-order valence-electron chi connectivity index (χ1n) is 23.2. The lowest BCUT2D eigenvalue weighted by Gasteiger charge is -2.73.